The van der Waals surface area contributed by atoms with Crippen LogP contribution in [0.25, 0.3) is 0 Å². The summed E-state index contributed by atoms with van der Waals surface area (Å²) in [5, 5.41) is 0. The number of fused-ring (bicyclic) bond motifs is 2. The lowest BCUT2D eigenvalue weighted by Gasteiger charge is -2.45. The molecule has 3 fully saturated rings. The summed E-state index contributed by atoms with van der Waals surface area (Å²) in [7, 11) is 0. The molecule has 16 nitrogen and oxygen atoms in total. The molecule has 0 aromatic carbocycles. The zero-order valence-electron chi connectivity index (χ0n) is 31.7. The maximum Gasteiger partial charge on any atom is 0.308 e. The van der Waals surface area contributed by atoms with E-state index in [4.69, 9.17) is 37.9 Å². The van der Waals surface area contributed by atoms with Crippen LogP contribution < -0.4 is 0 Å². The van der Waals surface area contributed by atoms with Crippen molar-refractivity contribution < 1.29 is 76.3 Å². The van der Waals surface area contributed by atoms with Gasteiger partial charge < -0.3 is 37.9 Å². The number of esters is 7. The van der Waals surface area contributed by atoms with Crippen molar-refractivity contribution in [1.29, 1.82) is 0 Å². The average molecular weight is 739 g/mol. The molecule has 1 heterocycles. The van der Waals surface area contributed by atoms with Crippen molar-refractivity contribution in [2.45, 2.75) is 143 Å². The zero-order chi connectivity index (χ0) is 39.8. The monoisotopic (exact) mass is 738 g/mol. The standard InChI is InChI=1S/C36H50O16/c1-15(2)33(44)50-28-26(46-19(6)38)16(3)25(45-18(5)37)24-30(47-20(7)39)35(13,51-22(9)41)14-36(24,52-23(10)42)29(43)17(4)27-31(49-27)34(11,12)32(28)48-21(8)40/h15,17,24-28,30-32H,3,14H2,1-2,4-13H3/t17-,24+,25+,26+,27+,28-,30-,31-,32-,35-,36-/m1/s1. The predicted molar refractivity (Wildman–Crippen MR) is 175 cm³/mol. The molecule has 290 valence electrons. The van der Waals surface area contributed by atoms with Gasteiger partial charge in [-0.25, -0.2) is 0 Å². The van der Waals surface area contributed by atoms with Crippen molar-refractivity contribution in [3.05, 3.63) is 12.2 Å². The van der Waals surface area contributed by atoms with Crippen LogP contribution in [0.1, 0.15) is 89.5 Å². The molecule has 3 rings (SSSR count). The van der Waals surface area contributed by atoms with Crippen LogP contribution in [0.2, 0.25) is 0 Å². The minimum absolute atomic E-state index is 0.347. The molecule has 0 aromatic heterocycles. The Bertz CT molecular complexity index is 1510. The molecule has 1 aliphatic heterocycles. The van der Waals surface area contributed by atoms with Gasteiger partial charge in [0.2, 0.25) is 0 Å². The Labute approximate surface area is 302 Å². The summed E-state index contributed by atoms with van der Waals surface area (Å²) in [6.07, 6.45) is -10.9. The van der Waals surface area contributed by atoms with E-state index >= 15 is 4.79 Å². The third-order valence-electron chi connectivity index (χ3n) is 9.65. The highest BCUT2D eigenvalue weighted by atomic mass is 16.6. The molecule has 0 aromatic rings. The van der Waals surface area contributed by atoms with Crippen LogP contribution in [0.15, 0.2) is 12.2 Å². The van der Waals surface area contributed by atoms with E-state index in [-0.39, 0.29) is 5.57 Å². The Morgan fingerprint density at radius 3 is 1.65 bits per heavy atom. The smallest absolute Gasteiger partial charge is 0.308 e. The molecule has 0 unspecified atom stereocenters. The fourth-order valence-electron chi connectivity index (χ4n) is 7.65. The number of hydrogen-bond acceptors (Lipinski definition) is 16. The van der Waals surface area contributed by atoms with Crippen molar-refractivity contribution in [3.63, 3.8) is 0 Å². The Morgan fingerprint density at radius 2 is 1.19 bits per heavy atom. The second-order valence-electron chi connectivity index (χ2n) is 14.8. The highest BCUT2D eigenvalue weighted by Gasteiger charge is 2.74. The topological polar surface area (TPSA) is 214 Å². The quantitative estimate of drug-likeness (QED) is 0.151. The van der Waals surface area contributed by atoms with Gasteiger partial charge in [0, 0.05) is 64.9 Å². The third-order valence-corrected chi connectivity index (χ3v) is 9.65. The van der Waals surface area contributed by atoms with Crippen molar-refractivity contribution in [3.8, 4) is 0 Å². The van der Waals surface area contributed by atoms with E-state index < -0.39 is 131 Å². The molecule has 3 aliphatic rings. The molecule has 11 atom stereocenters. The van der Waals surface area contributed by atoms with Gasteiger partial charge in [-0.05, 0) is 6.92 Å². The Balaban J connectivity index is 2.57. The van der Waals surface area contributed by atoms with E-state index in [9.17, 15) is 33.6 Å². The lowest BCUT2D eigenvalue weighted by Crippen LogP contribution is -2.60. The van der Waals surface area contributed by atoms with Gasteiger partial charge in [-0.15, -0.1) is 0 Å². The predicted octanol–water partition coefficient (Wildman–Crippen LogP) is 2.49. The third kappa shape index (κ3) is 8.48. The molecule has 1 saturated heterocycles. The molecule has 0 amide bonds. The minimum atomic E-state index is -2.38. The maximum atomic E-state index is 15.0. The van der Waals surface area contributed by atoms with Gasteiger partial charge in [0.25, 0.3) is 0 Å². The number of carbonyl (C=O) groups is 8. The summed E-state index contributed by atoms with van der Waals surface area (Å²) in [6, 6.07) is 0. The van der Waals surface area contributed by atoms with E-state index in [0.29, 0.717) is 0 Å². The summed E-state index contributed by atoms with van der Waals surface area (Å²) in [6.45, 7) is 19.7. The number of ketones is 1. The number of hydrogen-bond donors (Lipinski definition) is 0. The zero-order valence-corrected chi connectivity index (χ0v) is 31.7. The van der Waals surface area contributed by atoms with Crippen molar-refractivity contribution in [2.24, 2.45) is 23.2 Å². The van der Waals surface area contributed by atoms with Crippen molar-refractivity contribution >= 4 is 47.6 Å². The second-order valence-corrected chi connectivity index (χ2v) is 14.8. The van der Waals surface area contributed by atoms with Gasteiger partial charge in [-0.2, -0.15) is 0 Å². The normalized spacial score (nSPS) is 35.3. The van der Waals surface area contributed by atoms with E-state index in [1.165, 1.54) is 13.8 Å². The van der Waals surface area contributed by atoms with Gasteiger partial charge in [-0.1, -0.05) is 41.2 Å². The summed E-state index contributed by atoms with van der Waals surface area (Å²) in [5.41, 5.74) is -5.92. The molecular formula is C36H50O16. The molecular weight excluding hydrogens is 688 g/mol. The number of ether oxygens (including phenoxy) is 8. The minimum Gasteiger partial charge on any atom is -0.458 e. The van der Waals surface area contributed by atoms with Crippen LogP contribution in [-0.2, 0) is 76.3 Å². The number of Topliss-reactive ketones (excluding diaryl/α,β-unsaturated/α-hetero) is 1. The Morgan fingerprint density at radius 1 is 0.712 bits per heavy atom. The summed E-state index contributed by atoms with van der Waals surface area (Å²) >= 11 is 0. The van der Waals surface area contributed by atoms with Crippen LogP contribution >= 0.6 is 0 Å². The van der Waals surface area contributed by atoms with Crippen LogP contribution in [-0.4, -0.2) is 101 Å². The van der Waals surface area contributed by atoms with Gasteiger partial charge >= 0.3 is 41.8 Å². The molecule has 2 aliphatic carbocycles. The van der Waals surface area contributed by atoms with Crippen LogP contribution in [0.3, 0.4) is 0 Å². The lowest BCUT2D eigenvalue weighted by atomic mass is 9.69. The molecule has 2 saturated carbocycles. The largest absolute Gasteiger partial charge is 0.458 e. The van der Waals surface area contributed by atoms with Crippen LogP contribution in [0.4, 0.5) is 0 Å². The lowest BCUT2D eigenvalue weighted by molar-refractivity contribution is -0.200. The summed E-state index contributed by atoms with van der Waals surface area (Å²) in [4.78, 5) is 105. The highest BCUT2D eigenvalue weighted by molar-refractivity contribution is 5.93. The van der Waals surface area contributed by atoms with E-state index in [1.807, 2.05) is 0 Å². The molecule has 0 radical (unpaired) electrons. The first-order valence-electron chi connectivity index (χ1n) is 17.0. The van der Waals surface area contributed by atoms with Crippen molar-refractivity contribution in [1.82, 2.24) is 0 Å². The van der Waals surface area contributed by atoms with Gasteiger partial charge in [-0.3, -0.25) is 38.4 Å². The summed E-state index contributed by atoms with van der Waals surface area (Å²) in [5.74, 6) is -10.6. The molecule has 52 heavy (non-hydrogen) atoms. The van der Waals surface area contributed by atoms with Crippen molar-refractivity contribution in [2.75, 3.05) is 0 Å². The molecule has 0 N–H and O–H groups in total. The second kappa shape index (κ2) is 15.3. The molecule has 0 spiro atoms. The van der Waals surface area contributed by atoms with Gasteiger partial charge in [0.15, 0.2) is 41.4 Å². The first-order valence-corrected chi connectivity index (χ1v) is 17.0. The Kier molecular flexibility index (Phi) is 12.4. The SMILES string of the molecule is C=C1[C@H](OC(C)=O)[C@@H](OC(=O)C(C)C)[C@@H](OC(C)=O)C(C)(C)[C@@H]2O[C@H]2[C@@H](C)C(=O)[C@@]2(OC(C)=O)C[C@@](C)(OC(C)=O)[C@H](OC(C)=O)[C@@H]2[C@H]1OC(C)=O. The van der Waals surface area contributed by atoms with Gasteiger partial charge in [0.05, 0.1) is 24.0 Å². The number of rotatable bonds is 8. The van der Waals surface area contributed by atoms with E-state index in [2.05, 4.69) is 6.58 Å². The first kappa shape index (κ1) is 42.1. The Hall–Kier alpha value is -4.34. The average Bonchev–Trinajstić information content (AvgIpc) is 3.76. The molecule has 0 bridgehead atoms. The summed E-state index contributed by atoms with van der Waals surface area (Å²) < 4.78 is 47.0. The highest BCUT2D eigenvalue weighted by Crippen LogP contribution is 2.56. The van der Waals surface area contributed by atoms with Crippen LogP contribution in [0.5, 0.6) is 0 Å². The number of epoxide rings is 1. The fraction of sp³-hybridized carbons (Fsp3) is 0.722. The van der Waals surface area contributed by atoms with E-state index in [1.54, 1.807) is 27.7 Å². The number of carbonyl (C=O) groups excluding carboxylic acids is 8. The maximum absolute atomic E-state index is 15.0. The molecule has 16 heteroatoms. The van der Waals surface area contributed by atoms with E-state index in [0.717, 1.165) is 41.5 Å². The van der Waals surface area contributed by atoms with Gasteiger partial charge in [0.1, 0.15) is 6.10 Å². The first-order chi connectivity index (χ1) is 23.8. The van der Waals surface area contributed by atoms with Crippen LogP contribution in [0, 0.1) is 23.2 Å². The fourth-order valence-corrected chi connectivity index (χ4v) is 7.65.